The zero-order valence-electron chi connectivity index (χ0n) is 12.6. The summed E-state index contributed by atoms with van der Waals surface area (Å²) >= 11 is 18.2. The number of aliphatic carboxylic acids is 1. The fraction of sp³-hybridized carbons (Fsp3) is 0.176. The van der Waals surface area contributed by atoms with E-state index in [1.165, 1.54) is 0 Å². The molecule has 0 spiro atoms. The van der Waals surface area contributed by atoms with Gasteiger partial charge in [0.05, 0.1) is 16.8 Å². The van der Waals surface area contributed by atoms with Gasteiger partial charge in [0.25, 0.3) is 0 Å². The first-order valence-electron chi connectivity index (χ1n) is 7.20. The minimum Gasteiger partial charge on any atom is -0.477 e. The summed E-state index contributed by atoms with van der Waals surface area (Å²) < 4.78 is 0. The maximum Gasteiger partial charge on any atom is 0.352 e. The number of carboxylic acid groups (broad SMARTS) is 1. The van der Waals surface area contributed by atoms with E-state index < -0.39 is 5.97 Å². The van der Waals surface area contributed by atoms with Crippen LogP contribution < -0.4 is 5.01 Å². The van der Waals surface area contributed by atoms with Gasteiger partial charge in [0.15, 0.2) is 5.71 Å². The minimum atomic E-state index is -1.05. The number of carbonyl (C=O) groups is 1. The van der Waals surface area contributed by atoms with Crippen LogP contribution in [0.4, 0.5) is 5.69 Å². The van der Waals surface area contributed by atoms with Gasteiger partial charge in [0, 0.05) is 16.0 Å². The number of carboxylic acids is 1. The van der Waals surface area contributed by atoms with Crippen molar-refractivity contribution in [3.05, 3.63) is 63.1 Å². The fourth-order valence-electron chi connectivity index (χ4n) is 2.83. The molecule has 4 nitrogen and oxygen atoms in total. The van der Waals surface area contributed by atoms with Crippen LogP contribution in [0.5, 0.6) is 0 Å². The van der Waals surface area contributed by atoms with Crippen molar-refractivity contribution in [2.75, 3.05) is 5.01 Å². The summed E-state index contributed by atoms with van der Waals surface area (Å²) in [6, 6.07) is 12.0. The van der Waals surface area contributed by atoms with Gasteiger partial charge < -0.3 is 5.11 Å². The molecule has 1 heterocycles. The molecular weight excluding hydrogens is 371 g/mol. The Balaban J connectivity index is 2.11. The molecule has 0 aliphatic carbocycles. The first kappa shape index (κ1) is 17.1. The van der Waals surface area contributed by atoms with E-state index in [1.807, 2.05) is 19.1 Å². The quantitative estimate of drug-likeness (QED) is 0.784. The van der Waals surface area contributed by atoms with Crippen LogP contribution in [-0.4, -0.2) is 16.8 Å². The molecule has 124 valence electrons. The van der Waals surface area contributed by atoms with E-state index in [9.17, 15) is 9.90 Å². The molecule has 0 aromatic heterocycles. The van der Waals surface area contributed by atoms with Crippen molar-refractivity contribution < 1.29 is 9.90 Å². The molecule has 0 saturated carbocycles. The molecule has 1 aliphatic rings. The molecule has 1 N–H and O–H groups in total. The Kier molecular flexibility index (Phi) is 4.72. The zero-order valence-corrected chi connectivity index (χ0v) is 14.8. The van der Waals surface area contributed by atoms with E-state index in [0.29, 0.717) is 20.8 Å². The molecule has 7 heteroatoms. The van der Waals surface area contributed by atoms with Crippen molar-refractivity contribution in [1.82, 2.24) is 0 Å². The highest BCUT2D eigenvalue weighted by Gasteiger charge is 2.39. The van der Waals surface area contributed by atoms with E-state index >= 15 is 0 Å². The predicted octanol–water partition coefficient (Wildman–Crippen LogP) is 5.28. The summed E-state index contributed by atoms with van der Waals surface area (Å²) in [5, 5.41) is 16.9. The van der Waals surface area contributed by atoms with Crippen molar-refractivity contribution in [2.45, 2.75) is 13.0 Å². The molecule has 2 aromatic carbocycles. The second-order valence-electron chi connectivity index (χ2n) is 5.52. The highest BCUT2D eigenvalue weighted by molar-refractivity contribution is 6.38. The Morgan fingerprint density at radius 3 is 2.29 bits per heavy atom. The van der Waals surface area contributed by atoms with Crippen LogP contribution >= 0.6 is 34.8 Å². The summed E-state index contributed by atoms with van der Waals surface area (Å²) in [6.45, 7) is 1.83. The molecule has 24 heavy (non-hydrogen) atoms. The Hall–Kier alpha value is -1.75. The van der Waals surface area contributed by atoms with Gasteiger partial charge in [-0.15, -0.1) is 0 Å². The third kappa shape index (κ3) is 3.09. The lowest BCUT2D eigenvalue weighted by atomic mass is 9.91. The average molecular weight is 384 g/mol. The number of hydrogen-bond donors (Lipinski definition) is 1. The number of benzene rings is 2. The Labute approximate surface area is 154 Å². The number of nitrogens with zero attached hydrogens (tertiary/aromatic N) is 2. The van der Waals surface area contributed by atoms with Gasteiger partial charge in [-0.1, -0.05) is 53.9 Å². The van der Waals surface area contributed by atoms with Gasteiger partial charge in [-0.3, -0.25) is 5.01 Å². The second kappa shape index (κ2) is 6.63. The topological polar surface area (TPSA) is 52.9 Å². The Morgan fingerprint density at radius 2 is 1.71 bits per heavy atom. The standard InChI is InChI=1S/C17H13Cl3N2O2/c1-9-15(17(23)24)21-22(14-7-6-12(19)8-13(14)20)16(9)10-2-4-11(18)5-3-10/h2-9,16H,1H3,(H,23,24). The van der Waals surface area contributed by atoms with Crippen molar-refractivity contribution in [3.8, 4) is 0 Å². The summed E-state index contributed by atoms with van der Waals surface area (Å²) in [4.78, 5) is 11.5. The third-order valence-corrected chi connectivity index (χ3v) is 4.76. The third-order valence-electron chi connectivity index (χ3n) is 3.97. The van der Waals surface area contributed by atoms with Gasteiger partial charge in [-0.25, -0.2) is 4.79 Å². The summed E-state index contributed by atoms with van der Waals surface area (Å²) in [7, 11) is 0. The monoisotopic (exact) mass is 382 g/mol. The zero-order chi connectivity index (χ0) is 17.4. The SMILES string of the molecule is CC1C(C(=O)O)=NN(c2ccc(Cl)cc2Cl)C1c1ccc(Cl)cc1. The molecule has 3 rings (SSSR count). The van der Waals surface area contributed by atoms with Gasteiger partial charge in [-0.2, -0.15) is 5.10 Å². The molecule has 2 unspecified atom stereocenters. The number of anilines is 1. The molecule has 0 radical (unpaired) electrons. The van der Waals surface area contributed by atoms with Crippen LogP contribution in [-0.2, 0) is 4.79 Å². The maximum absolute atomic E-state index is 11.5. The lowest BCUT2D eigenvalue weighted by Crippen LogP contribution is -2.26. The van der Waals surface area contributed by atoms with E-state index in [-0.39, 0.29) is 17.7 Å². The maximum atomic E-state index is 11.5. The predicted molar refractivity (Wildman–Crippen MR) is 97.4 cm³/mol. The molecule has 0 amide bonds. The van der Waals surface area contributed by atoms with E-state index in [1.54, 1.807) is 35.3 Å². The van der Waals surface area contributed by atoms with Crippen LogP contribution in [0.25, 0.3) is 0 Å². The molecule has 1 aliphatic heterocycles. The average Bonchev–Trinajstić information content (AvgIpc) is 2.86. The first-order chi connectivity index (χ1) is 11.4. The first-order valence-corrected chi connectivity index (χ1v) is 8.33. The fourth-order valence-corrected chi connectivity index (χ4v) is 3.45. The van der Waals surface area contributed by atoms with Crippen molar-refractivity contribution in [1.29, 1.82) is 0 Å². The van der Waals surface area contributed by atoms with Gasteiger partial charge in [-0.05, 0) is 35.9 Å². The highest BCUT2D eigenvalue weighted by Crippen LogP contribution is 2.42. The summed E-state index contributed by atoms with van der Waals surface area (Å²) in [5.41, 5.74) is 1.59. The molecule has 2 atom stereocenters. The van der Waals surface area contributed by atoms with Crippen LogP contribution in [0.3, 0.4) is 0 Å². The molecule has 0 bridgehead atoms. The minimum absolute atomic E-state index is 0.0842. The van der Waals surface area contributed by atoms with Gasteiger partial charge >= 0.3 is 5.97 Å². The Bertz CT molecular complexity index is 821. The lowest BCUT2D eigenvalue weighted by Gasteiger charge is -2.27. The lowest BCUT2D eigenvalue weighted by molar-refractivity contribution is -0.129. The molecule has 2 aromatic rings. The molecule has 0 saturated heterocycles. The van der Waals surface area contributed by atoms with Gasteiger partial charge in [0.1, 0.15) is 0 Å². The second-order valence-corrected chi connectivity index (χ2v) is 6.80. The largest absolute Gasteiger partial charge is 0.477 e. The number of rotatable bonds is 3. The van der Waals surface area contributed by atoms with Crippen molar-refractivity contribution in [3.63, 3.8) is 0 Å². The molecule has 0 fully saturated rings. The van der Waals surface area contributed by atoms with E-state index in [4.69, 9.17) is 34.8 Å². The molecular formula is C17H13Cl3N2O2. The van der Waals surface area contributed by atoms with Crippen molar-refractivity contribution >= 4 is 52.2 Å². The normalized spacial score (nSPS) is 20.2. The Morgan fingerprint density at radius 1 is 1.08 bits per heavy atom. The summed E-state index contributed by atoms with van der Waals surface area (Å²) in [5.74, 6) is -1.37. The number of halogens is 3. The van der Waals surface area contributed by atoms with Crippen LogP contribution in [0.1, 0.15) is 18.5 Å². The van der Waals surface area contributed by atoms with Crippen molar-refractivity contribution in [2.24, 2.45) is 11.0 Å². The van der Waals surface area contributed by atoms with E-state index in [2.05, 4.69) is 5.10 Å². The number of hydrogen-bond acceptors (Lipinski definition) is 3. The van der Waals surface area contributed by atoms with Crippen LogP contribution in [0, 0.1) is 5.92 Å². The van der Waals surface area contributed by atoms with Gasteiger partial charge in [0.2, 0.25) is 0 Å². The highest BCUT2D eigenvalue weighted by atomic mass is 35.5. The number of hydrazone groups is 1. The van der Waals surface area contributed by atoms with Crippen LogP contribution in [0.15, 0.2) is 47.6 Å². The van der Waals surface area contributed by atoms with E-state index in [0.717, 1.165) is 5.56 Å². The smallest absolute Gasteiger partial charge is 0.352 e. The van der Waals surface area contributed by atoms with Crippen LogP contribution in [0.2, 0.25) is 15.1 Å². The summed E-state index contributed by atoms with van der Waals surface area (Å²) in [6.07, 6.45) is 0.